The summed E-state index contributed by atoms with van der Waals surface area (Å²) in [5, 5.41) is 2.84. The summed E-state index contributed by atoms with van der Waals surface area (Å²) in [5.41, 5.74) is 7.04. The fourth-order valence-electron chi connectivity index (χ4n) is 5.79. The van der Waals surface area contributed by atoms with Gasteiger partial charge >= 0.3 is 0 Å². The molecule has 0 unspecified atom stereocenters. The topological polar surface area (TPSA) is 83.4 Å². The van der Waals surface area contributed by atoms with Gasteiger partial charge in [0.1, 0.15) is 5.69 Å². The molecule has 0 aliphatic carbocycles. The molecule has 2 aromatic heterocycles. The number of aromatic nitrogens is 3. The zero-order valence-electron chi connectivity index (χ0n) is 23.1. The van der Waals surface area contributed by atoms with E-state index < -0.39 is 11.7 Å². The van der Waals surface area contributed by atoms with E-state index in [9.17, 15) is 9.59 Å². The van der Waals surface area contributed by atoms with Crippen molar-refractivity contribution in [2.75, 3.05) is 41.3 Å². The summed E-state index contributed by atoms with van der Waals surface area (Å²) in [7, 11) is 0. The molecule has 204 valence electrons. The Morgan fingerprint density at radius 2 is 1.45 bits per heavy atom. The van der Waals surface area contributed by atoms with Crippen LogP contribution in [0, 0.1) is 13.8 Å². The number of carbonyl (C=O) groups excluding carboxylic acids is 2. The first-order chi connectivity index (χ1) is 19.5. The molecule has 8 heteroatoms. The Labute approximate surface area is 234 Å². The summed E-state index contributed by atoms with van der Waals surface area (Å²) in [6.07, 6.45) is 3.02. The van der Waals surface area contributed by atoms with E-state index in [2.05, 4.69) is 31.2 Å². The molecule has 2 aromatic carbocycles. The number of amides is 1. The predicted octanol–water partition coefficient (Wildman–Crippen LogP) is 5.05. The van der Waals surface area contributed by atoms with Crippen LogP contribution >= 0.6 is 0 Å². The number of anilines is 3. The molecule has 1 saturated heterocycles. The largest absolute Gasteiger partial charge is 0.368 e. The van der Waals surface area contributed by atoms with Crippen molar-refractivity contribution in [2.24, 2.45) is 0 Å². The number of aryl methyl sites for hydroxylation is 3. The van der Waals surface area contributed by atoms with Crippen molar-refractivity contribution in [1.82, 2.24) is 14.5 Å². The first-order valence-electron chi connectivity index (χ1n) is 14.0. The van der Waals surface area contributed by atoms with Gasteiger partial charge in [-0.1, -0.05) is 30.3 Å². The van der Waals surface area contributed by atoms with Crippen LogP contribution in [0.25, 0.3) is 11.1 Å². The average molecular weight is 535 g/mol. The zero-order chi connectivity index (χ0) is 27.6. The Balaban J connectivity index is 1.13. The number of hydrogen-bond acceptors (Lipinski definition) is 6. The zero-order valence-corrected chi connectivity index (χ0v) is 23.1. The monoisotopic (exact) mass is 534 g/mol. The minimum absolute atomic E-state index is 0.487. The third kappa shape index (κ3) is 5.21. The van der Waals surface area contributed by atoms with Gasteiger partial charge in [0.05, 0.1) is 0 Å². The minimum atomic E-state index is -0.613. The quantitative estimate of drug-likeness (QED) is 0.276. The number of Topliss-reactive ketones (excluding diaryl/α,β-unsaturated/α-hetero) is 1. The lowest BCUT2D eigenvalue weighted by Gasteiger charge is -2.36. The smallest absolute Gasteiger partial charge is 0.298 e. The van der Waals surface area contributed by atoms with Crippen molar-refractivity contribution < 1.29 is 9.59 Å². The second kappa shape index (κ2) is 11.0. The molecule has 6 rings (SSSR count). The SMILES string of the molecule is Cc1cc(C)nc(N2CCN(c3ccc(NC(=O)C(=O)c4c(-c5ccccc5)cc5n4CCCC5)cc3)CC2)n1. The van der Waals surface area contributed by atoms with Crippen molar-refractivity contribution in [3.63, 3.8) is 0 Å². The van der Waals surface area contributed by atoms with E-state index >= 15 is 0 Å². The second-order valence-electron chi connectivity index (χ2n) is 10.6. The minimum Gasteiger partial charge on any atom is -0.368 e. The molecule has 2 aliphatic rings. The highest BCUT2D eigenvalue weighted by Gasteiger charge is 2.28. The van der Waals surface area contributed by atoms with Gasteiger partial charge in [-0.05, 0) is 75.1 Å². The highest BCUT2D eigenvalue weighted by molar-refractivity contribution is 6.47. The van der Waals surface area contributed by atoms with Crippen LogP contribution in [0.1, 0.15) is 40.4 Å². The summed E-state index contributed by atoms with van der Waals surface area (Å²) >= 11 is 0. The summed E-state index contributed by atoms with van der Waals surface area (Å²) in [5.74, 6) is -0.321. The molecule has 0 spiro atoms. The molecular weight excluding hydrogens is 500 g/mol. The Bertz CT molecular complexity index is 1520. The molecule has 1 amide bonds. The molecule has 4 aromatic rings. The van der Waals surface area contributed by atoms with Gasteiger partial charge < -0.3 is 19.7 Å². The maximum Gasteiger partial charge on any atom is 0.298 e. The van der Waals surface area contributed by atoms with Crippen LogP contribution in [-0.2, 0) is 17.8 Å². The van der Waals surface area contributed by atoms with Crippen LogP contribution in [0.3, 0.4) is 0 Å². The number of rotatable bonds is 6. The van der Waals surface area contributed by atoms with E-state index in [1.54, 1.807) is 0 Å². The lowest BCUT2D eigenvalue weighted by atomic mass is 10.0. The van der Waals surface area contributed by atoms with Gasteiger partial charge in [0.2, 0.25) is 5.95 Å². The van der Waals surface area contributed by atoms with Gasteiger partial charge in [-0.15, -0.1) is 0 Å². The molecule has 0 saturated carbocycles. The van der Waals surface area contributed by atoms with E-state index in [0.717, 1.165) is 91.8 Å². The maximum absolute atomic E-state index is 13.5. The predicted molar refractivity (Wildman–Crippen MR) is 158 cm³/mol. The van der Waals surface area contributed by atoms with Gasteiger partial charge in [0.25, 0.3) is 11.7 Å². The van der Waals surface area contributed by atoms with E-state index in [4.69, 9.17) is 0 Å². The Morgan fingerprint density at radius 3 is 2.15 bits per heavy atom. The first kappa shape index (κ1) is 25.8. The number of fused-ring (bicyclic) bond motifs is 1. The molecule has 2 aliphatic heterocycles. The number of nitrogens with one attached hydrogen (secondary N) is 1. The highest BCUT2D eigenvalue weighted by atomic mass is 16.2. The van der Waals surface area contributed by atoms with Crippen molar-refractivity contribution in [2.45, 2.75) is 39.7 Å². The Hall–Kier alpha value is -4.46. The van der Waals surface area contributed by atoms with E-state index in [1.807, 2.05) is 79.1 Å². The highest BCUT2D eigenvalue weighted by Crippen LogP contribution is 2.31. The molecule has 1 N–H and O–H groups in total. The lowest BCUT2D eigenvalue weighted by Crippen LogP contribution is -2.47. The summed E-state index contributed by atoms with van der Waals surface area (Å²) < 4.78 is 2.04. The standard InChI is InChI=1S/C32H34N6O2/c1-22-20-23(2)34-32(33-22)37-18-16-36(17-19-37)26-13-11-25(12-14-26)35-31(40)30(39)29-28(24-8-4-3-5-9-24)21-27-10-6-7-15-38(27)29/h3-5,8-9,11-14,20-21H,6-7,10,15-19H2,1-2H3,(H,35,40). The number of hydrogen-bond donors (Lipinski definition) is 1. The van der Waals surface area contributed by atoms with Crippen LogP contribution in [0.5, 0.6) is 0 Å². The van der Waals surface area contributed by atoms with Crippen LogP contribution in [0.2, 0.25) is 0 Å². The van der Waals surface area contributed by atoms with Crippen LogP contribution in [-0.4, -0.2) is 52.4 Å². The van der Waals surface area contributed by atoms with Crippen molar-refractivity contribution in [3.05, 3.63) is 89.5 Å². The van der Waals surface area contributed by atoms with E-state index in [0.29, 0.717) is 11.4 Å². The molecule has 1 fully saturated rings. The fraction of sp³-hybridized carbons (Fsp3) is 0.312. The molecule has 0 radical (unpaired) electrons. The molecular formula is C32H34N6O2. The average Bonchev–Trinajstić information content (AvgIpc) is 3.37. The van der Waals surface area contributed by atoms with Crippen molar-refractivity contribution in [1.29, 1.82) is 0 Å². The van der Waals surface area contributed by atoms with Crippen LogP contribution in [0.4, 0.5) is 17.3 Å². The number of ketones is 1. The third-order valence-electron chi connectivity index (χ3n) is 7.78. The third-order valence-corrected chi connectivity index (χ3v) is 7.78. The molecule has 40 heavy (non-hydrogen) atoms. The number of benzene rings is 2. The normalized spacial score (nSPS) is 15.1. The van der Waals surface area contributed by atoms with Crippen LogP contribution in [0.15, 0.2) is 66.7 Å². The first-order valence-corrected chi connectivity index (χ1v) is 14.0. The summed E-state index contributed by atoms with van der Waals surface area (Å²) in [4.78, 5) is 40.4. The number of nitrogens with zero attached hydrogens (tertiary/aromatic N) is 5. The summed E-state index contributed by atoms with van der Waals surface area (Å²) in [6, 6.07) is 21.6. The van der Waals surface area contributed by atoms with Gasteiger partial charge in [0.15, 0.2) is 0 Å². The number of carbonyl (C=O) groups is 2. The summed E-state index contributed by atoms with van der Waals surface area (Å²) in [6.45, 7) is 8.12. The molecule has 0 bridgehead atoms. The van der Waals surface area contributed by atoms with E-state index in [1.165, 1.54) is 0 Å². The second-order valence-corrected chi connectivity index (χ2v) is 10.6. The van der Waals surface area contributed by atoms with Gasteiger partial charge in [-0.2, -0.15) is 0 Å². The molecule has 4 heterocycles. The van der Waals surface area contributed by atoms with Gasteiger partial charge in [0, 0.05) is 66.7 Å². The fourth-order valence-corrected chi connectivity index (χ4v) is 5.79. The maximum atomic E-state index is 13.5. The van der Waals surface area contributed by atoms with Gasteiger partial charge in [-0.25, -0.2) is 9.97 Å². The van der Waals surface area contributed by atoms with Crippen molar-refractivity contribution >= 4 is 29.0 Å². The number of piperazine rings is 1. The van der Waals surface area contributed by atoms with Gasteiger partial charge in [-0.3, -0.25) is 9.59 Å². The Morgan fingerprint density at radius 1 is 0.775 bits per heavy atom. The van der Waals surface area contributed by atoms with Crippen molar-refractivity contribution in [3.8, 4) is 11.1 Å². The molecule has 0 atom stereocenters. The lowest BCUT2D eigenvalue weighted by molar-refractivity contribution is -0.112. The molecule has 8 nitrogen and oxygen atoms in total. The van der Waals surface area contributed by atoms with Crippen LogP contribution < -0.4 is 15.1 Å². The Kier molecular flexibility index (Phi) is 7.07. The van der Waals surface area contributed by atoms with E-state index in [-0.39, 0.29) is 0 Å².